The van der Waals surface area contributed by atoms with Crippen LogP contribution in [0.4, 0.5) is 5.69 Å². The summed E-state index contributed by atoms with van der Waals surface area (Å²) in [7, 11) is 1.57. The van der Waals surface area contributed by atoms with Crippen molar-refractivity contribution >= 4 is 23.2 Å². The highest BCUT2D eigenvalue weighted by Crippen LogP contribution is 2.39. The molecule has 5 nitrogen and oxygen atoms in total. The number of methoxy groups -OCH3 is 1. The van der Waals surface area contributed by atoms with E-state index in [1.54, 1.807) is 13.3 Å². The smallest absolute Gasteiger partial charge is 0.235 e. The van der Waals surface area contributed by atoms with Gasteiger partial charge in [-0.2, -0.15) is 0 Å². The minimum atomic E-state index is -0.704. The minimum Gasteiger partial charge on any atom is -0.481 e. The van der Waals surface area contributed by atoms with E-state index in [-0.39, 0.29) is 5.91 Å². The average molecular weight is 361 g/mol. The third-order valence-electron chi connectivity index (χ3n) is 4.65. The number of aryl methyl sites for hydroxylation is 1. The first kappa shape index (κ1) is 17.7. The normalized spacial score (nSPS) is 16.3. The molecule has 1 aromatic heterocycles. The number of anilines is 1. The van der Waals surface area contributed by atoms with Crippen LogP contribution in [0.3, 0.4) is 0 Å². The second-order valence-electron chi connectivity index (χ2n) is 6.18. The van der Waals surface area contributed by atoms with E-state index in [1.807, 2.05) is 37.3 Å². The fourth-order valence-electron chi connectivity index (χ4n) is 3.28. The molecule has 1 fully saturated rings. The minimum absolute atomic E-state index is 0.0877. The molecule has 1 saturated heterocycles. The Morgan fingerprint density at radius 1 is 1.32 bits per heavy atom. The van der Waals surface area contributed by atoms with Crippen molar-refractivity contribution in [3.8, 4) is 5.88 Å². The quantitative estimate of drug-likeness (QED) is 0.902. The monoisotopic (exact) mass is 360 g/mol. The van der Waals surface area contributed by atoms with Crippen LogP contribution in [-0.2, 0) is 14.9 Å². The van der Waals surface area contributed by atoms with Gasteiger partial charge in [-0.1, -0.05) is 29.8 Å². The van der Waals surface area contributed by atoms with Gasteiger partial charge in [-0.15, -0.1) is 0 Å². The van der Waals surface area contributed by atoms with Crippen molar-refractivity contribution < 1.29 is 14.3 Å². The lowest BCUT2D eigenvalue weighted by Crippen LogP contribution is -2.45. The molecule has 1 N–H and O–H groups in total. The van der Waals surface area contributed by atoms with Gasteiger partial charge >= 0.3 is 0 Å². The van der Waals surface area contributed by atoms with Gasteiger partial charge < -0.3 is 14.8 Å². The largest absolute Gasteiger partial charge is 0.481 e. The van der Waals surface area contributed by atoms with E-state index in [9.17, 15) is 4.79 Å². The molecule has 2 heterocycles. The SMILES string of the molecule is COc1ncc(NC(=O)C2(c3ccccc3Cl)CCOCC2)cc1C. The molecule has 0 saturated carbocycles. The standard InChI is InChI=1S/C19H21ClN2O3/c1-13-11-14(12-21-17(13)24-2)22-18(23)19(7-9-25-10-8-19)15-5-3-4-6-16(15)20/h3-6,11-12H,7-10H2,1-2H3,(H,22,23). The highest BCUT2D eigenvalue weighted by molar-refractivity contribution is 6.31. The summed E-state index contributed by atoms with van der Waals surface area (Å²) in [4.78, 5) is 17.4. The number of pyridine rings is 1. The van der Waals surface area contributed by atoms with E-state index < -0.39 is 5.41 Å². The predicted molar refractivity (Wildman–Crippen MR) is 97.3 cm³/mol. The fourth-order valence-corrected chi connectivity index (χ4v) is 3.60. The van der Waals surface area contributed by atoms with E-state index in [4.69, 9.17) is 21.1 Å². The van der Waals surface area contributed by atoms with E-state index in [0.717, 1.165) is 11.1 Å². The van der Waals surface area contributed by atoms with Gasteiger partial charge in [-0.05, 0) is 37.5 Å². The summed E-state index contributed by atoms with van der Waals surface area (Å²) < 4.78 is 10.7. The van der Waals surface area contributed by atoms with Crippen molar-refractivity contribution in [2.75, 3.05) is 25.6 Å². The zero-order valence-electron chi connectivity index (χ0n) is 14.3. The number of halogens is 1. The molecular formula is C19H21ClN2O3. The highest BCUT2D eigenvalue weighted by Gasteiger charge is 2.43. The molecule has 0 radical (unpaired) electrons. The maximum atomic E-state index is 13.2. The highest BCUT2D eigenvalue weighted by atomic mass is 35.5. The fraction of sp³-hybridized carbons (Fsp3) is 0.368. The molecule has 3 rings (SSSR count). The Labute approximate surface area is 152 Å². The summed E-state index contributed by atoms with van der Waals surface area (Å²) in [6, 6.07) is 9.37. The predicted octanol–water partition coefficient (Wildman–Crippen LogP) is 3.74. The lowest BCUT2D eigenvalue weighted by molar-refractivity contribution is -0.125. The molecule has 1 aliphatic rings. The number of nitrogens with one attached hydrogen (secondary N) is 1. The number of amides is 1. The lowest BCUT2D eigenvalue weighted by Gasteiger charge is -2.36. The molecule has 1 aliphatic heterocycles. The molecular weight excluding hydrogens is 340 g/mol. The van der Waals surface area contributed by atoms with Crippen LogP contribution < -0.4 is 10.1 Å². The van der Waals surface area contributed by atoms with Gasteiger partial charge in [0.15, 0.2) is 0 Å². The zero-order chi connectivity index (χ0) is 17.9. The molecule has 0 bridgehead atoms. The van der Waals surface area contributed by atoms with Crippen LogP contribution in [0.25, 0.3) is 0 Å². The lowest BCUT2D eigenvalue weighted by atomic mass is 9.73. The van der Waals surface area contributed by atoms with Crippen molar-refractivity contribution in [2.45, 2.75) is 25.2 Å². The second-order valence-corrected chi connectivity index (χ2v) is 6.59. The molecule has 132 valence electrons. The molecule has 2 aromatic rings. The second kappa shape index (κ2) is 7.42. The van der Waals surface area contributed by atoms with Crippen LogP contribution in [0.2, 0.25) is 5.02 Å². The third kappa shape index (κ3) is 3.48. The summed E-state index contributed by atoms with van der Waals surface area (Å²) in [5, 5.41) is 3.60. The Bertz CT molecular complexity index is 773. The molecule has 25 heavy (non-hydrogen) atoms. The molecule has 0 atom stereocenters. The van der Waals surface area contributed by atoms with Gasteiger partial charge in [0, 0.05) is 23.8 Å². The van der Waals surface area contributed by atoms with Crippen LogP contribution >= 0.6 is 11.6 Å². The summed E-state index contributed by atoms with van der Waals surface area (Å²) in [5.74, 6) is 0.458. The van der Waals surface area contributed by atoms with E-state index in [1.165, 1.54) is 0 Å². The van der Waals surface area contributed by atoms with Gasteiger partial charge in [0.05, 0.1) is 24.4 Å². The Hall–Kier alpha value is -2.11. The first-order valence-electron chi connectivity index (χ1n) is 8.22. The summed E-state index contributed by atoms with van der Waals surface area (Å²) >= 11 is 6.41. The third-order valence-corrected chi connectivity index (χ3v) is 4.98. The van der Waals surface area contributed by atoms with Crippen LogP contribution in [0, 0.1) is 6.92 Å². The van der Waals surface area contributed by atoms with Crippen LogP contribution in [-0.4, -0.2) is 31.2 Å². The number of ether oxygens (including phenoxy) is 2. The zero-order valence-corrected chi connectivity index (χ0v) is 15.1. The number of hydrogen-bond acceptors (Lipinski definition) is 4. The first-order chi connectivity index (χ1) is 12.1. The van der Waals surface area contributed by atoms with Gasteiger partial charge in [0.2, 0.25) is 11.8 Å². The van der Waals surface area contributed by atoms with Crippen molar-refractivity contribution in [2.24, 2.45) is 0 Å². The Morgan fingerprint density at radius 3 is 2.68 bits per heavy atom. The Kier molecular flexibility index (Phi) is 5.25. The summed E-state index contributed by atoms with van der Waals surface area (Å²) in [6.45, 7) is 2.94. The summed E-state index contributed by atoms with van der Waals surface area (Å²) in [5.41, 5.74) is 1.64. The molecule has 0 unspecified atom stereocenters. The van der Waals surface area contributed by atoms with Crippen molar-refractivity contribution in [3.05, 3.63) is 52.7 Å². The first-order valence-corrected chi connectivity index (χ1v) is 8.59. The molecule has 0 spiro atoms. The number of carbonyl (C=O) groups excluding carboxylic acids is 1. The van der Waals surface area contributed by atoms with Crippen LogP contribution in [0.15, 0.2) is 36.5 Å². The van der Waals surface area contributed by atoms with E-state index >= 15 is 0 Å². The maximum Gasteiger partial charge on any atom is 0.235 e. The Balaban J connectivity index is 1.93. The van der Waals surface area contributed by atoms with Gasteiger partial charge in [0.1, 0.15) is 0 Å². The summed E-state index contributed by atoms with van der Waals surface area (Å²) in [6.07, 6.45) is 2.78. The molecule has 1 amide bonds. The van der Waals surface area contributed by atoms with Crippen molar-refractivity contribution in [3.63, 3.8) is 0 Å². The number of hydrogen-bond donors (Lipinski definition) is 1. The van der Waals surface area contributed by atoms with Gasteiger partial charge in [-0.25, -0.2) is 4.98 Å². The maximum absolute atomic E-state index is 13.2. The number of benzene rings is 1. The van der Waals surface area contributed by atoms with E-state index in [2.05, 4.69) is 10.3 Å². The van der Waals surface area contributed by atoms with E-state index in [0.29, 0.717) is 42.6 Å². The van der Waals surface area contributed by atoms with Crippen LogP contribution in [0.1, 0.15) is 24.0 Å². The van der Waals surface area contributed by atoms with Gasteiger partial charge in [-0.3, -0.25) is 4.79 Å². The molecule has 0 aliphatic carbocycles. The van der Waals surface area contributed by atoms with Crippen molar-refractivity contribution in [1.29, 1.82) is 0 Å². The number of aromatic nitrogens is 1. The molecule has 6 heteroatoms. The number of nitrogens with zero attached hydrogens (tertiary/aromatic N) is 1. The topological polar surface area (TPSA) is 60.5 Å². The number of carbonyl (C=O) groups is 1. The number of rotatable bonds is 4. The van der Waals surface area contributed by atoms with Crippen molar-refractivity contribution in [1.82, 2.24) is 4.98 Å². The average Bonchev–Trinajstić information content (AvgIpc) is 2.63. The Morgan fingerprint density at radius 2 is 2.04 bits per heavy atom. The molecule has 1 aromatic carbocycles. The van der Waals surface area contributed by atoms with Gasteiger partial charge in [0.25, 0.3) is 0 Å². The van der Waals surface area contributed by atoms with Crippen LogP contribution in [0.5, 0.6) is 5.88 Å².